The van der Waals surface area contributed by atoms with E-state index >= 15 is 0 Å². The maximum Gasteiger partial charge on any atom is 0.308 e. The van der Waals surface area contributed by atoms with Crippen LogP contribution >= 0.6 is 0 Å². The second-order valence-electron chi connectivity index (χ2n) is 5.28. The summed E-state index contributed by atoms with van der Waals surface area (Å²) in [5, 5.41) is 0. The van der Waals surface area contributed by atoms with Crippen molar-refractivity contribution in [3.05, 3.63) is 59.2 Å². The fourth-order valence-corrected chi connectivity index (χ4v) is 2.33. The summed E-state index contributed by atoms with van der Waals surface area (Å²) in [5.41, 5.74) is 2.51. The fraction of sp³-hybridized carbons (Fsp3) is 0.200. The van der Waals surface area contributed by atoms with E-state index in [9.17, 15) is 9.59 Å². The molecule has 0 aliphatic rings. The molecular weight excluding hydrogens is 304 g/mol. The third-order valence-corrected chi connectivity index (χ3v) is 3.32. The third kappa shape index (κ3) is 4.81. The monoisotopic (exact) mass is 324 g/mol. The number of rotatable bonds is 5. The molecule has 4 heteroatoms. The van der Waals surface area contributed by atoms with Crippen molar-refractivity contribution >= 4 is 24.1 Å². The van der Waals surface area contributed by atoms with Crippen LogP contribution in [0.25, 0.3) is 12.2 Å². The number of esters is 2. The van der Waals surface area contributed by atoms with Crippen LogP contribution in [0.15, 0.2) is 42.5 Å². The van der Waals surface area contributed by atoms with Gasteiger partial charge in [0.1, 0.15) is 11.5 Å². The van der Waals surface area contributed by atoms with Gasteiger partial charge in [-0.25, -0.2) is 0 Å². The van der Waals surface area contributed by atoms with Gasteiger partial charge in [-0.05, 0) is 29.7 Å². The highest BCUT2D eigenvalue weighted by atomic mass is 16.5. The molecule has 0 aliphatic heterocycles. The summed E-state index contributed by atoms with van der Waals surface area (Å²) in [6, 6.07) is 13.4. The molecule has 2 rings (SSSR count). The highest BCUT2D eigenvalue weighted by Gasteiger charge is 2.14. The number of hydrogen-bond acceptors (Lipinski definition) is 4. The van der Waals surface area contributed by atoms with E-state index in [4.69, 9.17) is 9.47 Å². The van der Waals surface area contributed by atoms with Crippen LogP contribution in [-0.2, 0) is 16.0 Å². The molecule has 0 N–H and O–H groups in total. The Hall–Kier alpha value is -2.88. The largest absolute Gasteiger partial charge is 0.426 e. The van der Waals surface area contributed by atoms with E-state index in [2.05, 4.69) is 0 Å². The first kappa shape index (κ1) is 17.5. The second-order valence-corrected chi connectivity index (χ2v) is 5.28. The van der Waals surface area contributed by atoms with E-state index in [-0.39, 0.29) is 0 Å². The van der Waals surface area contributed by atoms with Crippen molar-refractivity contribution in [2.75, 3.05) is 0 Å². The van der Waals surface area contributed by atoms with Crippen molar-refractivity contribution in [1.82, 2.24) is 0 Å². The summed E-state index contributed by atoms with van der Waals surface area (Å²) < 4.78 is 10.6. The number of carbonyl (C=O) groups excluding carboxylic acids is 2. The predicted octanol–water partition coefficient (Wildman–Crippen LogP) is 4.27. The zero-order valence-electron chi connectivity index (χ0n) is 14.0. The molecule has 0 spiro atoms. The Bertz CT molecular complexity index is 723. The molecular formula is C20H20O4. The van der Waals surface area contributed by atoms with Gasteiger partial charge in [0.25, 0.3) is 0 Å². The van der Waals surface area contributed by atoms with Crippen molar-refractivity contribution in [2.45, 2.75) is 27.2 Å². The molecule has 0 atom stereocenters. The van der Waals surface area contributed by atoms with Crippen molar-refractivity contribution in [1.29, 1.82) is 0 Å². The fourth-order valence-electron chi connectivity index (χ4n) is 2.33. The van der Waals surface area contributed by atoms with E-state index in [0.29, 0.717) is 23.5 Å². The van der Waals surface area contributed by atoms with Gasteiger partial charge < -0.3 is 9.47 Å². The van der Waals surface area contributed by atoms with Gasteiger partial charge in [-0.3, -0.25) is 9.59 Å². The number of ether oxygens (including phenoxy) is 2. The average molecular weight is 324 g/mol. The topological polar surface area (TPSA) is 52.6 Å². The Labute approximate surface area is 141 Å². The van der Waals surface area contributed by atoms with Gasteiger partial charge in [-0.2, -0.15) is 0 Å². The van der Waals surface area contributed by atoms with E-state index in [1.165, 1.54) is 13.8 Å². The van der Waals surface area contributed by atoms with Crippen molar-refractivity contribution in [3.8, 4) is 11.5 Å². The molecule has 24 heavy (non-hydrogen) atoms. The zero-order chi connectivity index (χ0) is 17.5. The van der Waals surface area contributed by atoms with E-state index < -0.39 is 11.9 Å². The van der Waals surface area contributed by atoms with Crippen LogP contribution < -0.4 is 9.47 Å². The van der Waals surface area contributed by atoms with Crippen LogP contribution in [0, 0.1) is 0 Å². The highest BCUT2D eigenvalue weighted by molar-refractivity contribution is 5.76. The minimum atomic E-state index is -0.414. The molecule has 2 aromatic carbocycles. The minimum absolute atomic E-state index is 0.413. The van der Waals surface area contributed by atoms with Crippen molar-refractivity contribution in [3.63, 3.8) is 0 Å². The van der Waals surface area contributed by atoms with Crippen molar-refractivity contribution in [2.24, 2.45) is 0 Å². The molecule has 4 nitrogen and oxygen atoms in total. The number of hydrogen-bond donors (Lipinski definition) is 0. The zero-order valence-corrected chi connectivity index (χ0v) is 14.0. The SMILES string of the molecule is CCc1c(OC(C)=O)cc(/C=C/c2ccccc2)cc1OC(C)=O. The van der Waals surface area contributed by atoms with Gasteiger partial charge in [0.15, 0.2) is 0 Å². The van der Waals surface area contributed by atoms with E-state index in [1.54, 1.807) is 12.1 Å². The molecule has 0 aliphatic carbocycles. The van der Waals surface area contributed by atoms with Gasteiger partial charge >= 0.3 is 11.9 Å². The summed E-state index contributed by atoms with van der Waals surface area (Å²) >= 11 is 0. The molecule has 0 saturated heterocycles. The van der Waals surface area contributed by atoms with Crippen LogP contribution in [0.4, 0.5) is 0 Å². The first-order chi connectivity index (χ1) is 11.5. The molecule has 0 radical (unpaired) electrons. The lowest BCUT2D eigenvalue weighted by atomic mass is 10.0. The molecule has 0 bridgehead atoms. The summed E-state index contributed by atoms with van der Waals surface area (Å²) in [6.45, 7) is 4.60. The third-order valence-electron chi connectivity index (χ3n) is 3.32. The van der Waals surface area contributed by atoms with E-state index in [0.717, 1.165) is 11.1 Å². The summed E-state index contributed by atoms with van der Waals surface area (Å²) in [7, 11) is 0. The first-order valence-corrected chi connectivity index (χ1v) is 7.76. The van der Waals surface area contributed by atoms with Gasteiger partial charge in [0.2, 0.25) is 0 Å². The van der Waals surface area contributed by atoms with Crippen molar-refractivity contribution < 1.29 is 19.1 Å². The Morgan fingerprint density at radius 2 is 1.38 bits per heavy atom. The predicted molar refractivity (Wildman–Crippen MR) is 93.8 cm³/mol. The Morgan fingerprint density at radius 3 is 1.83 bits per heavy atom. The molecule has 0 saturated carbocycles. The maximum absolute atomic E-state index is 11.4. The average Bonchev–Trinajstić information content (AvgIpc) is 2.53. The Morgan fingerprint density at radius 1 is 0.875 bits per heavy atom. The molecule has 2 aromatic rings. The summed E-state index contributed by atoms with van der Waals surface area (Å²) in [5.74, 6) is -0.00162. The van der Waals surface area contributed by atoms with Gasteiger partial charge in [0.05, 0.1) is 0 Å². The van der Waals surface area contributed by atoms with Gasteiger partial charge in [-0.1, -0.05) is 49.4 Å². The lowest BCUT2D eigenvalue weighted by molar-refractivity contribution is -0.132. The van der Waals surface area contributed by atoms with Crippen LogP contribution in [0.2, 0.25) is 0 Å². The van der Waals surface area contributed by atoms with Crippen LogP contribution in [-0.4, -0.2) is 11.9 Å². The number of carbonyl (C=O) groups is 2. The lowest BCUT2D eigenvalue weighted by Crippen LogP contribution is -2.08. The Kier molecular flexibility index (Phi) is 5.90. The molecule has 0 aromatic heterocycles. The quantitative estimate of drug-likeness (QED) is 0.468. The smallest absolute Gasteiger partial charge is 0.308 e. The number of benzene rings is 2. The second kappa shape index (κ2) is 8.11. The van der Waals surface area contributed by atoms with Gasteiger partial charge in [0, 0.05) is 19.4 Å². The highest BCUT2D eigenvalue weighted by Crippen LogP contribution is 2.32. The first-order valence-electron chi connectivity index (χ1n) is 7.76. The molecule has 0 amide bonds. The summed E-state index contributed by atoms with van der Waals surface area (Å²) in [4.78, 5) is 22.7. The standard InChI is InChI=1S/C20H20O4/c1-4-18-19(23-14(2)21)12-17(13-20(18)24-15(3)22)11-10-16-8-6-5-7-9-16/h5-13H,4H2,1-3H3/b11-10+. The van der Waals surface area contributed by atoms with Gasteiger partial charge in [-0.15, -0.1) is 0 Å². The minimum Gasteiger partial charge on any atom is -0.426 e. The molecule has 124 valence electrons. The molecule has 0 heterocycles. The Balaban J connectivity index is 2.45. The molecule has 0 fully saturated rings. The maximum atomic E-state index is 11.4. The van der Waals surface area contributed by atoms with Crippen LogP contribution in [0.3, 0.4) is 0 Å². The van der Waals surface area contributed by atoms with E-state index in [1.807, 2.05) is 49.4 Å². The lowest BCUT2D eigenvalue weighted by Gasteiger charge is -2.13. The summed E-state index contributed by atoms with van der Waals surface area (Å²) in [6.07, 6.45) is 4.40. The van der Waals surface area contributed by atoms with Crippen LogP contribution in [0.5, 0.6) is 11.5 Å². The van der Waals surface area contributed by atoms with Crippen LogP contribution in [0.1, 0.15) is 37.5 Å². The normalized spacial score (nSPS) is 10.6. The molecule has 0 unspecified atom stereocenters.